The Bertz CT molecular complexity index is 444. The highest BCUT2D eigenvalue weighted by molar-refractivity contribution is 5.96. The third kappa shape index (κ3) is 4.06. The lowest BCUT2D eigenvalue weighted by molar-refractivity contribution is -0.120. The number of anilines is 1. The fraction of sp³-hybridized carbons (Fsp3) is 0.333. The monoisotopic (exact) mass is 253 g/mol. The van der Waals surface area contributed by atoms with E-state index in [0.29, 0.717) is 6.61 Å². The summed E-state index contributed by atoms with van der Waals surface area (Å²) in [6, 6.07) is 3.66. The van der Waals surface area contributed by atoms with E-state index >= 15 is 0 Å². The molecule has 18 heavy (non-hydrogen) atoms. The third-order valence-corrected chi connectivity index (χ3v) is 2.10. The lowest BCUT2D eigenvalue weighted by Gasteiger charge is -2.08. The molecule has 6 nitrogen and oxygen atoms in total. The Labute approximate surface area is 104 Å². The second kappa shape index (κ2) is 6.61. The minimum Gasteiger partial charge on any atom is -0.506 e. The smallest absolute Gasteiger partial charge is 0.335 e. The molecular weight excluding hydrogens is 238 g/mol. The van der Waals surface area contributed by atoms with Crippen LogP contribution in [-0.2, 0) is 9.53 Å². The number of carbonyl (C=O) groups excluding carboxylic acids is 1. The van der Waals surface area contributed by atoms with Crippen molar-refractivity contribution in [2.75, 3.05) is 18.5 Å². The third-order valence-electron chi connectivity index (χ3n) is 2.10. The average molecular weight is 253 g/mol. The number of phenolic OH excluding ortho intramolecular Hbond substituents is 1. The number of carboxylic acids is 1. The van der Waals surface area contributed by atoms with Gasteiger partial charge in [-0.3, -0.25) is 4.79 Å². The second-order valence-corrected chi connectivity index (χ2v) is 3.64. The summed E-state index contributed by atoms with van der Waals surface area (Å²) in [6.45, 7) is 2.25. The molecule has 1 rings (SSSR count). The van der Waals surface area contributed by atoms with Gasteiger partial charge in [-0.1, -0.05) is 6.92 Å². The predicted octanol–water partition coefficient (Wildman–Crippen LogP) is 1.46. The first-order valence-corrected chi connectivity index (χ1v) is 5.48. The van der Waals surface area contributed by atoms with Crippen LogP contribution in [0.1, 0.15) is 23.7 Å². The highest BCUT2D eigenvalue weighted by Gasteiger charge is 2.10. The fourth-order valence-electron chi connectivity index (χ4n) is 1.26. The van der Waals surface area contributed by atoms with Crippen molar-refractivity contribution in [1.82, 2.24) is 0 Å². The minimum absolute atomic E-state index is 0.0161. The summed E-state index contributed by atoms with van der Waals surface area (Å²) in [4.78, 5) is 22.2. The van der Waals surface area contributed by atoms with E-state index in [1.165, 1.54) is 18.2 Å². The summed E-state index contributed by atoms with van der Waals surface area (Å²) < 4.78 is 5.02. The van der Waals surface area contributed by atoms with Gasteiger partial charge in [-0.25, -0.2) is 4.79 Å². The largest absolute Gasteiger partial charge is 0.506 e. The lowest BCUT2D eigenvalue weighted by atomic mass is 10.2. The van der Waals surface area contributed by atoms with Crippen molar-refractivity contribution in [2.45, 2.75) is 13.3 Å². The summed E-state index contributed by atoms with van der Waals surface area (Å²) >= 11 is 0. The van der Waals surface area contributed by atoms with E-state index in [1.807, 2.05) is 6.92 Å². The molecule has 1 aromatic rings. The summed E-state index contributed by atoms with van der Waals surface area (Å²) in [5, 5.41) is 20.7. The normalized spacial score (nSPS) is 10.1. The Morgan fingerprint density at radius 1 is 1.39 bits per heavy atom. The Morgan fingerprint density at radius 2 is 2.11 bits per heavy atom. The fourth-order valence-corrected chi connectivity index (χ4v) is 1.26. The van der Waals surface area contributed by atoms with Gasteiger partial charge in [0, 0.05) is 6.61 Å². The van der Waals surface area contributed by atoms with Gasteiger partial charge in [0.1, 0.15) is 12.4 Å². The first-order valence-electron chi connectivity index (χ1n) is 5.48. The van der Waals surface area contributed by atoms with E-state index < -0.39 is 11.9 Å². The molecule has 0 saturated heterocycles. The number of benzene rings is 1. The van der Waals surface area contributed by atoms with Gasteiger partial charge >= 0.3 is 5.97 Å². The lowest BCUT2D eigenvalue weighted by Crippen LogP contribution is -2.18. The molecule has 0 bridgehead atoms. The molecule has 0 heterocycles. The number of carbonyl (C=O) groups is 2. The molecule has 0 aliphatic carbocycles. The molecule has 6 heteroatoms. The molecular formula is C12H15NO5. The zero-order valence-corrected chi connectivity index (χ0v) is 9.97. The molecule has 0 saturated carbocycles. The van der Waals surface area contributed by atoms with Crippen LogP contribution in [0.15, 0.2) is 18.2 Å². The number of phenols is 1. The van der Waals surface area contributed by atoms with Crippen molar-refractivity contribution in [3.8, 4) is 5.75 Å². The molecule has 0 unspecified atom stereocenters. The Balaban J connectivity index is 2.68. The van der Waals surface area contributed by atoms with Crippen molar-refractivity contribution in [1.29, 1.82) is 0 Å². The van der Waals surface area contributed by atoms with E-state index in [2.05, 4.69) is 5.32 Å². The van der Waals surface area contributed by atoms with Gasteiger partial charge in [0.15, 0.2) is 0 Å². The number of aromatic carboxylic acids is 1. The maximum atomic E-state index is 11.4. The van der Waals surface area contributed by atoms with Crippen LogP contribution < -0.4 is 5.32 Å². The van der Waals surface area contributed by atoms with Gasteiger partial charge in [-0.15, -0.1) is 0 Å². The van der Waals surface area contributed by atoms with Gasteiger partial charge < -0.3 is 20.3 Å². The molecule has 0 aliphatic heterocycles. The van der Waals surface area contributed by atoms with Crippen LogP contribution in [0, 0.1) is 0 Å². The van der Waals surface area contributed by atoms with Crippen molar-refractivity contribution in [3.05, 3.63) is 23.8 Å². The van der Waals surface area contributed by atoms with Crippen LogP contribution in [0.3, 0.4) is 0 Å². The molecule has 98 valence electrons. The molecule has 1 amide bonds. The predicted molar refractivity (Wildman–Crippen MR) is 64.8 cm³/mol. The van der Waals surface area contributed by atoms with E-state index in [-0.39, 0.29) is 23.6 Å². The molecule has 0 radical (unpaired) electrons. The number of hydrogen-bond acceptors (Lipinski definition) is 4. The van der Waals surface area contributed by atoms with Crippen LogP contribution in [-0.4, -0.2) is 35.3 Å². The van der Waals surface area contributed by atoms with E-state index in [9.17, 15) is 14.7 Å². The SMILES string of the molecule is CCCOCC(=O)Nc1cc(C(=O)O)ccc1O. The van der Waals surface area contributed by atoms with Crippen LogP contribution in [0.4, 0.5) is 5.69 Å². The quantitative estimate of drug-likeness (QED) is 0.527. The number of rotatable bonds is 6. The van der Waals surface area contributed by atoms with Crippen LogP contribution in [0.5, 0.6) is 5.75 Å². The average Bonchev–Trinajstić information content (AvgIpc) is 2.32. The van der Waals surface area contributed by atoms with Crippen LogP contribution in [0.2, 0.25) is 0 Å². The number of carboxylic acid groups (broad SMARTS) is 1. The maximum absolute atomic E-state index is 11.4. The molecule has 3 N–H and O–H groups in total. The van der Waals surface area contributed by atoms with Crippen molar-refractivity contribution < 1.29 is 24.5 Å². The van der Waals surface area contributed by atoms with E-state index in [0.717, 1.165) is 6.42 Å². The van der Waals surface area contributed by atoms with Gasteiger partial charge in [0.05, 0.1) is 11.3 Å². The molecule has 1 aromatic carbocycles. The molecule has 0 aromatic heterocycles. The minimum atomic E-state index is -1.13. The standard InChI is InChI=1S/C12H15NO5/c1-2-5-18-7-11(15)13-9-6-8(12(16)17)3-4-10(9)14/h3-4,6,14H,2,5,7H2,1H3,(H,13,15)(H,16,17). The molecule has 0 aliphatic rings. The van der Waals surface area contributed by atoms with Gasteiger partial charge in [-0.2, -0.15) is 0 Å². The van der Waals surface area contributed by atoms with E-state index in [1.54, 1.807) is 0 Å². The Morgan fingerprint density at radius 3 is 2.72 bits per heavy atom. The topological polar surface area (TPSA) is 95.9 Å². The van der Waals surface area contributed by atoms with Gasteiger partial charge in [-0.05, 0) is 24.6 Å². The highest BCUT2D eigenvalue weighted by atomic mass is 16.5. The second-order valence-electron chi connectivity index (χ2n) is 3.64. The summed E-state index contributed by atoms with van der Waals surface area (Å²) in [6.07, 6.45) is 0.799. The van der Waals surface area contributed by atoms with Crippen molar-refractivity contribution in [3.63, 3.8) is 0 Å². The number of amides is 1. The van der Waals surface area contributed by atoms with E-state index in [4.69, 9.17) is 9.84 Å². The summed E-state index contributed by atoms with van der Waals surface area (Å²) in [5.41, 5.74) is 0.0394. The maximum Gasteiger partial charge on any atom is 0.335 e. The number of nitrogens with one attached hydrogen (secondary N) is 1. The summed E-state index contributed by atoms with van der Waals surface area (Å²) in [7, 11) is 0. The molecule has 0 atom stereocenters. The molecule has 0 spiro atoms. The van der Waals surface area contributed by atoms with Gasteiger partial charge in [0.25, 0.3) is 0 Å². The number of hydrogen-bond donors (Lipinski definition) is 3. The van der Waals surface area contributed by atoms with Crippen LogP contribution >= 0.6 is 0 Å². The first kappa shape index (κ1) is 14.0. The Hall–Kier alpha value is -2.08. The van der Waals surface area contributed by atoms with Crippen molar-refractivity contribution >= 4 is 17.6 Å². The zero-order valence-electron chi connectivity index (χ0n) is 9.97. The number of ether oxygens (including phenoxy) is 1. The molecule has 0 fully saturated rings. The summed E-state index contributed by atoms with van der Waals surface area (Å²) in [5.74, 6) is -1.77. The number of aromatic hydroxyl groups is 1. The highest BCUT2D eigenvalue weighted by Crippen LogP contribution is 2.24. The van der Waals surface area contributed by atoms with Gasteiger partial charge in [0.2, 0.25) is 5.91 Å². The Kier molecular flexibility index (Phi) is 5.13. The van der Waals surface area contributed by atoms with Crippen LogP contribution in [0.25, 0.3) is 0 Å². The van der Waals surface area contributed by atoms with Crippen molar-refractivity contribution in [2.24, 2.45) is 0 Å². The zero-order chi connectivity index (χ0) is 13.5. The first-order chi connectivity index (χ1) is 8.54.